The van der Waals surface area contributed by atoms with E-state index in [1.54, 1.807) is 24.3 Å². The van der Waals surface area contributed by atoms with Gasteiger partial charge < -0.3 is 10.2 Å². The second-order valence-electron chi connectivity index (χ2n) is 9.38. The molecule has 2 amide bonds. The Bertz CT molecular complexity index is 1370. The number of hydrogen-bond donors (Lipinski definition) is 1. The molecule has 1 N–H and O–H groups in total. The van der Waals surface area contributed by atoms with E-state index in [-0.39, 0.29) is 30.6 Å². The number of anilines is 1. The van der Waals surface area contributed by atoms with E-state index in [4.69, 9.17) is 11.6 Å². The summed E-state index contributed by atoms with van der Waals surface area (Å²) in [6, 6.07) is 20.0. The van der Waals surface area contributed by atoms with Crippen molar-refractivity contribution >= 4 is 39.1 Å². The average molecular weight is 574 g/mol. The van der Waals surface area contributed by atoms with E-state index in [9.17, 15) is 22.4 Å². The number of nitrogens with one attached hydrogen (secondary N) is 1. The summed E-state index contributed by atoms with van der Waals surface area (Å²) in [5.41, 5.74) is 1.57. The average Bonchev–Trinajstić information content (AvgIpc) is 2.90. The van der Waals surface area contributed by atoms with Crippen molar-refractivity contribution in [2.75, 3.05) is 17.1 Å². The van der Waals surface area contributed by atoms with Crippen LogP contribution in [-0.4, -0.2) is 50.0 Å². The molecule has 3 aromatic carbocycles. The first-order valence-corrected chi connectivity index (χ1v) is 14.8. The lowest BCUT2D eigenvalue weighted by Crippen LogP contribution is -2.54. The van der Waals surface area contributed by atoms with Crippen molar-refractivity contribution < 1.29 is 22.4 Å². The third-order valence-corrected chi connectivity index (χ3v) is 7.87. The van der Waals surface area contributed by atoms with Crippen molar-refractivity contribution in [1.29, 1.82) is 0 Å². The fourth-order valence-electron chi connectivity index (χ4n) is 4.03. The number of amides is 2. The Morgan fingerprint density at radius 1 is 0.974 bits per heavy atom. The molecule has 0 bridgehead atoms. The summed E-state index contributed by atoms with van der Waals surface area (Å²) < 4.78 is 39.9. The van der Waals surface area contributed by atoms with Gasteiger partial charge in [-0.3, -0.25) is 13.9 Å². The highest BCUT2D eigenvalue weighted by molar-refractivity contribution is 7.92. The van der Waals surface area contributed by atoms with Crippen molar-refractivity contribution in [3.8, 4) is 0 Å². The summed E-state index contributed by atoms with van der Waals surface area (Å²) in [6.07, 6.45) is 1.86. The summed E-state index contributed by atoms with van der Waals surface area (Å²) in [5, 5.41) is 3.38. The minimum atomic E-state index is -3.93. The molecule has 0 fully saturated rings. The smallest absolute Gasteiger partial charge is 0.244 e. The second kappa shape index (κ2) is 13.6. The van der Waals surface area contributed by atoms with Crippen molar-refractivity contribution in [2.24, 2.45) is 0 Å². The van der Waals surface area contributed by atoms with Crippen molar-refractivity contribution in [2.45, 2.75) is 45.3 Å². The summed E-state index contributed by atoms with van der Waals surface area (Å²) in [5.74, 6) is -1.50. The van der Waals surface area contributed by atoms with Gasteiger partial charge in [-0.2, -0.15) is 0 Å². The quantitative estimate of drug-likeness (QED) is 0.337. The van der Waals surface area contributed by atoms with Crippen LogP contribution < -0.4 is 9.62 Å². The third-order valence-electron chi connectivity index (χ3n) is 6.36. The third kappa shape index (κ3) is 8.53. The maximum absolute atomic E-state index is 14.0. The number of halogens is 2. The van der Waals surface area contributed by atoms with Gasteiger partial charge >= 0.3 is 0 Å². The molecular weight excluding hydrogens is 541 g/mol. The lowest BCUT2D eigenvalue weighted by atomic mass is 10.0. The van der Waals surface area contributed by atoms with Crippen molar-refractivity contribution in [3.05, 3.63) is 101 Å². The van der Waals surface area contributed by atoms with Gasteiger partial charge in [0.1, 0.15) is 18.4 Å². The molecule has 0 unspecified atom stereocenters. The molecule has 39 heavy (non-hydrogen) atoms. The van der Waals surface area contributed by atoms with Crippen LogP contribution >= 0.6 is 11.6 Å². The molecule has 0 saturated carbocycles. The van der Waals surface area contributed by atoms with Crippen LogP contribution in [0, 0.1) is 5.82 Å². The van der Waals surface area contributed by atoms with E-state index in [0.717, 1.165) is 28.3 Å². The fraction of sp³-hybridized carbons (Fsp3) is 0.310. The topological polar surface area (TPSA) is 86.8 Å². The number of benzene rings is 3. The minimum Gasteiger partial charge on any atom is -0.352 e. The van der Waals surface area contributed by atoms with Gasteiger partial charge in [0.2, 0.25) is 21.8 Å². The summed E-state index contributed by atoms with van der Waals surface area (Å²) in [6.45, 7) is 3.20. The van der Waals surface area contributed by atoms with Gasteiger partial charge in [-0.1, -0.05) is 67.1 Å². The van der Waals surface area contributed by atoms with E-state index >= 15 is 0 Å². The van der Waals surface area contributed by atoms with E-state index < -0.39 is 34.3 Å². The van der Waals surface area contributed by atoms with Gasteiger partial charge in [-0.15, -0.1) is 0 Å². The number of hydrogen-bond acceptors (Lipinski definition) is 4. The highest BCUT2D eigenvalue weighted by Crippen LogP contribution is 2.23. The molecule has 0 spiro atoms. The Morgan fingerprint density at radius 3 is 2.18 bits per heavy atom. The highest BCUT2D eigenvalue weighted by atomic mass is 35.5. The summed E-state index contributed by atoms with van der Waals surface area (Å²) in [4.78, 5) is 29.0. The number of nitrogens with zero attached hydrogens (tertiary/aromatic N) is 2. The SMILES string of the molecule is CC[C@@H](C)NC(=O)[C@@H](Cc1ccccc1)N(Cc1ccccc1Cl)C(=O)CN(c1ccc(F)cc1)S(C)(=O)=O. The zero-order valence-electron chi connectivity index (χ0n) is 22.2. The van der Waals surface area contributed by atoms with Crippen LogP contribution in [0.25, 0.3) is 0 Å². The Morgan fingerprint density at radius 2 is 1.59 bits per heavy atom. The Kier molecular flexibility index (Phi) is 10.5. The van der Waals surface area contributed by atoms with Crippen molar-refractivity contribution in [3.63, 3.8) is 0 Å². The molecule has 0 saturated heterocycles. The van der Waals surface area contributed by atoms with Crippen LogP contribution in [0.5, 0.6) is 0 Å². The van der Waals surface area contributed by atoms with Crippen LogP contribution in [0.2, 0.25) is 5.02 Å². The summed E-state index contributed by atoms with van der Waals surface area (Å²) in [7, 11) is -3.93. The highest BCUT2D eigenvalue weighted by Gasteiger charge is 2.33. The minimum absolute atomic E-state index is 0.0229. The first kappa shape index (κ1) is 30.1. The maximum Gasteiger partial charge on any atom is 0.244 e. The lowest BCUT2D eigenvalue weighted by molar-refractivity contribution is -0.140. The molecule has 208 valence electrons. The lowest BCUT2D eigenvalue weighted by Gasteiger charge is -2.34. The van der Waals surface area contributed by atoms with Gasteiger partial charge in [0.05, 0.1) is 11.9 Å². The standard InChI is InChI=1S/C29H33ClFN3O4S/c1-4-21(2)32-29(36)27(18-22-10-6-5-7-11-22)33(19-23-12-8-9-13-26(23)30)28(35)20-34(39(3,37)38)25-16-14-24(31)15-17-25/h5-17,21,27H,4,18-20H2,1-3H3,(H,32,36)/t21-,27-/m1/s1. The van der Waals surface area contributed by atoms with Crippen LogP contribution in [0.15, 0.2) is 78.9 Å². The van der Waals surface area contributed by atoms with Gasteiger partial charge in [-0.25, -0.2) is 12.8 Å². The number of carbonyl (C=O) groups is 2. The van der Waals surface area contributed by atoms with Gasteiger partial charge in [0.25, 0.3) is 0 Å². The molecule has 0 aromatic heterocycles. The molecule has 3 rings (SSSR count). The Labute approximate surface area is 234 Å². The molecule has 0 heterocycles. The largest absolute Gasteiger partial charge is 0.352 e. The normalized spacial score (nSPS) is 12.8. The Balaban J connectivity index is 2.06. The van der Waals surface area contributed by atoms with E-state index in [2.05, 4.69) is 5.32 Å². The summed E-state index contributed by atoms with van der Waals surface area (Å²) >= 11 is 6.43. The van der Waals surface area contributed by atoms with E-state index in [0.29, 0.717) is 17.0 Å². The molecule has 0 aliphatic heterocycles. The Hall–Kier alpha value is -3.43. The van der Waals surface area contributed by atoms with Crippen LogP contribution in [0.3, 0.4) is 0 Å². The maximum atomic E-state index is 14.0. The van der Waals surface area contributed by atoms with Crippen LogP contribution in [0.1, 0.15) is 31.4 Å². The molecule has 0 radical (unpaired) electrons. The van der Waals surface area contributed by atoms with Crippen LogP contribution in [-0.2, 0) is 32.6 Å². The second-order valence-corrected chi connectivity index (χ2v) is 11.7. The first-order valence-electron chi connectivity index (χ1n) is 12.6. The van der Waals surface area contributed by atoms with E-state index in [1.165, 1.54) is 17.0 Å². The van der Waals surface area contributed by atoms with Gasteiger partial charge in [0.15, 0.2) is 0 Å². The van der Waals surface area contributed by atoms with Gasteiger partial charge in [-0.05, 0) is 54.8 Å². The molecule has 7 nitrogen and oxygen atoms in total. The molecule has 3 aromatic rings. The predicted molar refractivity (Wildman–Crippen MR) is 152 cm³/mol. The number of carbonyl (C=O) groups excluding carboxylic acids is 2. The fourth-order valence-corrected chi connectivity index (χ4v) is 5.07. The van der Waals surface area contributed by atoms with E-state index in [1.807, 2.05) is 44.2 Å². The number of rotatable bonds is 12. The number of sulfonamides is 1. The van der Waals surface area contributed by atoms with Gasteiger partial charge in [0, 0.05) is 24.0 Å². The molecular formula is C29H33ClFN3O4S. The van der Waals surface area contributed by atoms with Crippen molar-refractivity contribution in [1.82, 2.24) is 10.2 Å². The van der Waals surface area contributed by atoms with Crippen LogP contribution in [0.4, 0.5) is 10.1 Å². The zero-order valence-corrected chi connectivity index (χ0v) is 23.8. The molecule has 10 heteroatoms. The predicted octanol–water partition coefficient (Wildman–Crippen LogP) is 4.80. The molecule has 0 aliphatic carbocycles. The zero-order chi connectivity index (χ0) is 28.6. The first-order chi connectivity index (χ1) is 18.5. The molecule has 2 atom stereocenters. The monoisotopic (exact) mass is 573 g/mol. The molecule has 0 aliphatic rings.